The van der Waals surface area contributed by atoms with Gasteiger partial charge in [0.2, 0.25) is 0 Å². The summed E-state index contributed by atoms with van der Waals surface area (Å²) in [6, 6.07) is 9.51. The van der Waals surface area contributed by atoms with Crippen LogP contribution in [0.5, 0.6) is 0 Å². The van der Waals surface area contributed by atoms with Crippen molar-refractivity contribution in [3.63, 3.8) is 0 Å². The van der Waals surface area contributed by atoms with Gasteiger partial charge in [0.1, 0.15) is 16.7 Å². The number of nitrogens with zero attached hydrogens (tertiary/aromatic N) is 3. The fourth-order valence-corrected chi connectivity index (χ4v) is 2.85. The molecule has 2 aromatic rings. The maximum atomic E-state index is 12.0. The average molecular weight is 287 g/mol. The van der Waals surface area contributed by atoms with Crippen LogP contribution < -0.4 is 11.2 Å². The normalized spacial score (nSPS) is 10.3. The second-order valence-electron chi connectivity index (χ2n) is 4.37. The van der Waals surface area contributed by atoms with Crippen LogP contribution >= 0.6 is 11.8 Å². The molecule has 0 aliphatic heterocycles. The average Bonchev–Trinajstić information content (AvgIpc) is 2.45. The first kappa shape index (κ1) is 14.2. The molecule has 0 aliphatic carbocycles. The van der Waals surface area contributed by atoms with Gasteiger partial charge in [-0.25, -0.2) is 4.79 Å². The molecule has 6 heteroatoms. The lowest BCUT2D eigenvalue weighted by molar-refractivity contribution is 0.631. The highest BCUT2D eigenvalue weighted by atomic mass is 32.2. The number of benzene rings is 1. The Labute approximate surface area is 120 Å². The first-order valence-corrected chi connectivity index (χ1v) is 6.72. The molecule has 0 unspecified atom stereocenters. The monoisotopic (exact) mass is 287 g/mol. The minimum atomic E-state index is -0.563. The Morgan fingerprint density at radius 1 is 1.15 bits per heavy atom. The van der Waals surface area contributed by atoms with E-state index in [2.05, 4.69) is 0 Å². The van der Waals surface area contributed by atoms with Gasteiger partial charge < -0.3 is 0 Å². The highest BCUT2D eigenvalue weighted by Crippen LogP contribution is 2.30. The molecule has 0 saturated heterocycles. The summed E-state index contributed by atoms with van der Waals surface area (Å²) in [5, 5.41) is 9.56. The lowest BCUT2D eigenvalue weighted by Gasteiger charge is -2.12. The Bertz CT molecular complexity index is 828. The summed E-state index contributed by atoms with van der Waals surface area (Å²) < 4.78 is 2.28. The van der Waals surface area contributed by atoms with Crippen molar-refractivity contribution < 1.29 is 0 Å². The van der Waals surface area contributed by atoms with Crippen molar-refractivity contribution in [3.8, 4) is 6.07 Å². The van der Waals surface area contributed by atoms with Gasteiger partial charge in [-0.05, 0) is 18.6 Å². The van der Waals surface area contributed by atoms with E-state index in [0.717, 1.165) is 15.0 Å². The molecule has 0 fully saturated rings. The second-order valence-corrected chi connectivity index (χ2v) is 5.40. The van der Waals surface area contributed by atoms with E-state index in [1.807, 2.05) is 37.3 Å². The topological polar surface area (TPSA) is 67.8 Å². The summed E-state index contributed by atoms with van der Waals surface area (Å²) in [6.07, 6.45) is 0. The fourth-order valence-electron chi connectivity index (χ4n) is 1.82. The van der Waals surface area contributed by atoms with E-state index < -0.39 is 11.2 Å². The molecule has 1 aromatic heterocycles. The maximum absolute atomic E-state index is 12.0. The third-order valence-electron chi connectivity index (χ3n) is 3.02. The van der Waals surface area contributed by atoms with Gasteiger partial charge in [0.15, 0.2) is 0 Å². The molecule has 0 radical (unpaired) electrons. The van der Waals surface area contributed by atoms with E-state index in [1.54, 1.807) is 7.05 Å². The minimum Gasteiger partial charge on any atom is -0.290 e. The Morgan fingerprint density at radius 2 is 1.80 bits per heavy atom. The maximum Gasteiger partial charge on any atom is 0.331 e. The van der Waals surface area contributed by atoms with Crippen LogP contribution in [0.3, 0.4) is 0 Å². The van der Waals surface area contributed by atoms with Crippen LogP contribution in [0.2, 0.25) is 0 Å². The molecular formula is C14H13N3O2S. The largest absolute Gasteiger partial charge is 0.331 e. The summed E-state index contributed by atoms with van der Waals surface area (Å²) in [5.74, 6) is 0. The van der Waals surface area contributed by atoms with Crippen molar-refractivity contribution in [2.45, 2.75) is 16.8 Å². The molecule has 102 valence electrons. The first-order chi connectivity index (χ1) is 9.47. The van der Waals surface area contributed by atoms with E-state index in [0.29, 0.717) is 5.03 Å². The lowest BCUT2D eigenvalue weighted by atomic mass is 10.2. The van der Waals surface area contributed by atoms with E-state index in [1.165, 1.54) is 23.4 Å². The Morgan fingerprint density at radius 3 is 2.40 bits per heavy atom. The molecule has 0 aliphatic rings. The highest BCUT2D eigenvalue weighted by Gasteiger charge is 2.16. The van der Waals surface area contributed by atoms with Crippen molar-refractivity contribution >= 4 is 11.8 Å². The molecule has 2 rings (SSSR count). The molecule has 20 heavy (non-hydrogen) atoms. The summed E-state index contributed by atoms with van der Waals surface area (Å²) in [7, 11) is 2.93. The summed E-state index contributed by atoms with van der Waals surface area (Å²) in [4.78, 5) is 24.8. The van der Waals surface area contributed by atoms with Gasteiger partial charge in [-0.15, -0.1) is 0 Å². The first-order valence-electron chi connectivity index (χ1n) is 5.91. The van der Waals surface area contributed by atoms with Crippen molar-refractivity contribution in [1.82, 2.24) is 9.13 Å². The number of aromatic nitrogens is 2. The number of nitriles is 1. The van der Waals surface area contributed by atoms with E-state index in [-0.39, 0.29) is 5.56 Å². The van der Waals surface area contributed by atoms with Gasteiger partial charge in [0, 0.05) is 19.0 Å². The summed E-state index contributed by atoms with van der Waals surface area (Å²) in [6.45, 7) is 1.94. The van der Waals surface area contributed by atoms with Crippen molar-refractivity contribution in [2.24, 2.45) is 14.1 Å². The van der Waals surface area contributed by atoms with Crippen LogP contribution in [0, 0.1) is 18.3 Å². The van der Waals surface area contributed by atoms with Gasteiger partial charge in [0.25, 0.3) is 5.56 Å². The van der Waals surface area contributed by atoms with Crippen molar-refractivity contribution in [1.29, 1.82) is 5.26 Å². The zero-order chi connectivity index (χ0) is 14.9. The van der Waals surface area contributed by atoms with Crippen LogP contribution in [0.4, 0.5) is 0 Å². The van der Waals surface area contributed by atoms with Gasteiger partial charge in [-0.3, -0.25) is 13.9 Å². The second kappa shape index (κ2) is 5.39. The predicted octanol–water partition coefficient (Wildman–Crippen LogP) is 1.42. The molecule has 0 amide bonds. The number of hydrogen-bond donors (Lipinski definition) is 0. The van der Waals surface area contributed by atoms with E-state index in [9.17, 15) is 14.9 Å². The quantitative estimate of drug-likeness (QED) is 0.783. The molecule has 1 heterocycles. The Hall–Kier alpha value is -2.26. The third kappa shape index (κ3) is 2.28. The minimum absolute atomic E-state index is 0.0112. The highest BCUT2D eigenvalue weighted by molar-refractivity contribution is 7.99. The number of aryl methyl sites for hydroxylation is 1. The zero-order valence-electron chi connectivity index (χ0n) is 11.4. The van der Waals surface area contributed by atoms with E-state index in [4.69, 9.17) is 0 Å². The van der Waals surface area contributed by atoms with E-state index >= 15 is 0 Å². The zero-order valence-corrected chi connectivity index (χ0v) is 12.2. The fraction of sp³-hybridized carbons (Fsp3) is 0.214. The molecule has 0 atom stereocenters. The lowest BCUT2D eigenvalue weighted by Crippen LogP contribution is -2.39. The van der Waals surface area contributed by atoms with Crippen molar-refractivity contribution in [2.75, 3.05) is 0 Å². The van der Waals surface area contributed by atoms with Crippen LogP contribution in [0.25, 0.3) is 0 Å². The van der Waals surface area contributed by atoms with Gasteiger partial charge in [-0.1, -0.05) is 30.0 Å². The molecule has 1 aromatic carbocycles. The van der Waals surface area contributed by atoms with Gasteiger partial charge in [-0.2, -0.15) is 5.26 Å². The van der Waals surface area contributed by atoms with Crippen LogP contribution in [0.15, 0.2) is 43.8 Å². The SMILES string of the molecule is Cc1ccccc1Sc1c(C#N)c(=O)n(C)c(=O)n1C. The Balaban J connectivity index is 2.70. The van der Waals surface area contributed by atoms with Crippen LogP contribution in [0.1, 0.15) is 11.1 Å². The molecule has 0 bridgehead atoms. The standard InChI is InChI=1S/C14H13N3O2S/c1-9-6-4-5-7-11(9)20-13-10(8-15)12(18)16(2)14(19)17(13)3/h4-7H,1-3H3. The third-order valence-corrected chi connectivity index (χ3v) is 4.37. The van der Waals surface area contributed by atoms with Gasteiger partial charge >= 0.3 is 5.69 Å². The van der Waals surface area contributed by atoms with Crippen molar-refractivity contribution in [3.05, 3.63) is 56.2 Å². The molecule has 5 nitrogen and oxygen atoms in total. The molecule has 0 N–H and O–H groups in total. The number of hydrogen-bond acceptors (Lipinski definition) is 4. The number of rotatable bonds is 2. The molecule has 0 spiro atoms. The predicted molar refractivity (Wildman–Crippen MR) is 76.9 cm³/mol. The van der Waals surface area contributed by atoms with Crippen LogP contribution in [-0.4, -0.2) is 9.13 Å². The molecule has 0 saturated carbocycles. The molecular weight excluding hydrogens is 274 g/mol. The Kier molecular flexibility index (Phi) is 3.81. The van der Waals surface area contributed by atoms with Gasteiger partial charge in [0.05, 0.1) is 0 Å². The summed E-state index contributed by atoms with van der Waals surface area (Å²) >= 11 is 1.26. The summed E-state index contributed by atoms with van der Waals surface area (Å²) in [5.41, 5.74) is 0.00846. The smallest absolute Gasteiger partial charge is 0.290 e. The van der Waals surface area contributed by atoms with Crippen LogP contribution in [-0.2, 0) is 14.1 Å².